The summed E-state index contributed by atoms with van der Waals surface area (Å²) >= 11 is 0. The van der Waals surface area contributed by atoms with Crippen molar-refractivity contribution in [1.29, 1.82) is 0 Å². The largest absolute Gasteiger partial charge is 0.379 e. The van der Waals surface area contributed by atoms with Crippen LogP contribution in [0.25, 0.3) is 22.6 Å². The number of fused-ring (bicyclic) bond motifs is 1. The van der Waals surface area contributed by atoms with Crippen molar-refractivity contribution in [1.82, 2.24) is 24.4 Å². The highest BCUT2D eigenvalue weighted by molar-refractivity contribution is 5.86. The van der Waals surface area contributed by atoms with Gasteiger partial charge in [-0.3, -0.25) is 4.90 Å². The first-order valence-corrected chi connectivity index (χ1v) is 11.1. The smallest absolute Gasteiger partial charge is 0.166 e. The SMILES string of the molecule is CCCCNc1nc(C)nc2c1nc(-c1ccccc1)n2CCCN1CCOCC1. The average molecular weight is 409 g/mol. The topological polar surface area (TPSA) is 68.1 Å². The Morgan fingerprint density at radius 2 is 1.80 bits per heavy atom. The third kappa shape index (κ3) is 4.79. The van der Waals surface area contributed by atoms with Crippen LogP contribution < -0.4 is 5.32 Å². The highest BCUT2D eigenvalue weighted by Crippen LogP contribution is 2.28. The molecule has 0 unspecified atom stereocenters. The van der Waals surface area contributed by atoms with Crippen LogP contribution in [0.3, 0.4) is 0 Å². The molecule has 1 saturated heterocycles. The van der Waals surface area contributed by atoms with Crippen molar-refractivity contribution in [3.05, 3.63) is 36.2 Å². The van der Waals surface area contributed by atoms with Crippen LogP contribution in [0.1, 0.15) is 32.0 Å². The van der Waals surface area contributed by atoms with E-state index in [0.717, 1.165) is 99.4 Å². The Labute approximate surface area is 178 Å². The molecule has 1 fully saturated rings. The van der Waals surface area contributed by atoms with Crippen molar-refractivity contribution in [3.8, 4) is 11.4 Å². The molecule has 3 aromatic rings. The molecule has 1 N–H and O–H groups in total. The van der Waals surface area contributed by atoms with E-state index in [0.29, 0.717) is 0 Å². The predicted octanol–water partition coefficient (Wildman–Crippen LogP) is 3.74. The van der Waals surface area contributed by atoms with Crippen molar-refractivity contribution < 1.29 is 4.74 Å². The van der Waals surface area contributed by atoms with E-state index in [1.165, 1.54) is 0 Å². The fourth-order valence-corrected chi connectivity index (χ4v) is 3.91. The number of rotatable bonds is 9. The van der Waals surface area contributed by atoms with Gasteiger partial charge in [-0.15, -0.1) is 0 Å². The zero-order valence-corrected chi connectivity index (χ0v) is 18.1. The number of anilines is 1. The van der Waals surface area contributed by atoms with Crippen molar-refractivity contribution in [2.24, 2.45) is 0 Å². The lowest BCUT2D eigenvalue weighted by Crippen LogP contribution is -2.37. The molecule has 1 aromatic carbocycles. The summed E-state index contributed by atoms with van der Waals surface area (Å²) in [6.45, 7) is 10.7. The number of aryl methyl sites for hydroxylation is 2. The number of nitrogens with zero attached hydrogens (tertiary/aromatic N) is 5. The highest BCUT2D eigenvalue weighted by Gasteiger charge is 2.18. The van der Waals surface area contributed by atoms with Gasteiger partial charge in [-0.2, -0.15) is 0 Å². The lowest BCUT2D eigenvalue weighted by Gasteiger charge is -2.26. The number of aromatic nitrogens is 4. The van der Waals surface area contributed by atoms with Crippen molar-refractivity contribution >= 4 is 17.0 Å². The summed E-state index contributed by atoms with van der Waals surface area (Å²) in [6, 6.07) is 10.4. The van der Waals surface area contributed by atoms with Crippen LogP contribution in [-0.4, -0.2) is 63.8 Å². The molecule has 0 amide bonds. The zero-order chi connectivity index (χ0) is 20.8. The van der Waals surface area contributed by atoms with E-state index in [1.54, 1.807) is 0 Å². The van der Waals surface area contributed by atoms with Crippen LogP contribution in [0.4, 0.5) is 5.82 Å². The van der Waals surface area contributed by atoms with Gasteiger partial charge in [0.1, 0.15) is 11.6 Å². The average Bonchev–Trinajstić information content (AvgIpc) is 3.14. The lowest BCUT2D eigenvalue weighted by atomic mass is 10.2. The maximum Gasteiger partial charge on any atom is 0.166 e. The summed E-state index contributed by atoms with van der Waals surface area (Å²) in [5, 5.41) is 3.48. The summed E-state index contributed by atoms with van der Waals surface area (Å²) in [6.07, 6.45) is 3.30. The normalized spacial score (nSPS) is 15.0. The zero-order valence-electron chi connectivity index (χ0n) is 18.1. The van der Waals surface area contributed by atoms with Gasteiger partial charge in [0.25, 0.3) is 0 Å². The third-order valence-electron chi connectivity index (χ3n) is 5.52. The molecule has 0 radical (unpaired) electrons. The second-order valence-corrected chi connectivity index (χ2v) is 7.83. The molecule has 7 nitrogen and oxygen atoms in total. The number of ether oxygens (including phenoxy) is 1. The van der Waals surface area contributed by atoms with Crippen LogP contribution in [-0.2, 0) is 11.3 Å². The fourth-order valence-electron chi connectivity index (χ4n) is 3.91. The molecular formula is C23H32N6O. The standard InChI is InChI=1S/C23H32N6O/c1-3-4-11-24-21-20-23(26-18(2)25-21)29(13-8-12-28-14-16-30-17-15-28)22(27-20)19-9-6-5-7-10-19/h5-7,9-10H,3-4,8,11-17H2,1-2H3,(H,24,25,26). The van der Waals surface area contributed by atoms with Gasteiger partial charge in [0.15, 0.2) is 17.0 Å². The van der Waals surface area contributed by atoms with Crippen LogP contribution in [0, 0.1) is 6.92 Å². The first-order chi connectivity index (χ1) is 14.8. The Hall–Kier alpha value is -2.51. The van der Waals surface area contributed by atoms with Crippen molar-refractivity contribution in [2.45, 2.75) is 39.7 Å². The molecule has 2 aromatic heterocycles. The van der Waals surface area contributed by atoms with E-state index in [9.17, 15) is 0 Å². The molecule has 3 heterocycles. The van der Waals surface area contributed by atoms with Gasteiger partial charge >= 0.3 is 0 Å². The van der Waals surface area contributed by atoms with Crippen LogP contribution >= 0.6 is 0 Å². The number of morpholine rings is 1. The van der Waals surface area contributed by atoms with Crippen LogP contribution in [0.2, 0.25) is 0 Å². The second-order valence-electron chi connectivity index (χ2n) is 7.83. The highest BCUT2D eigenvalue weighted by atomic mass is 16.5. The van der Waals surface area contributed by atoms with Crippen molar-refractivity contribution in [2.75, 3.05) is 44.7 Å². The maximum atomic E-state index is 5.47. The molecule has 4 rings (SSSR count). The van der Waals surface area contributed by atoms with Gasteiger partial charge in [-0.25, -0.2) is 15.0 Å². The molecule has 0 aliphatic carbocycles. The molecule has 160 valence electrons. The maximum absolute atomic E-state index is 5.47. The quantitative estimate of drug-likeness (QED) is 0.544. The molecule has 0 atom stereocenters. The molecule has 1 aliphatic rings. The number of imidazole rings is 1. The minimum Gasteiger partial charge on any atom is -0.379 e. The molecule has 30 heavy (non-hydrogen) atoms. The number of hydrogen-bond acceptors (Lipinski definition) is 6. The summed E-state index contributed by atoms with van der Waals surface area (Å²) in [5.41, 5.74) is 2.89. The molecule has 0 bridgehead atoms. The van der Waals surface area contributed by atoms with E-state index in [4.69, 9.17) is 14.7 Å². The predicted molar refractivity (Wildman–Crippen MR) is 121 cm³/mol. The number of hydrogen-bond donors (Lipinski definition) is 1. The number of unbranched alkanes of at least 4 members (excludes halogenated alkanes) is 1. The van der Waals surface area contributed by atoms with Gasteiger partial charge < -0.3 is 14.6 Å². The van der Waals surface area contributed by atoms with Gasteiger partial charge in [-0.05, 0) is 19.8 Å². The Morgan fingerprint density at radius 3 is 2.57 bits per heavy atom. The first-order valence-electron chi connectivity index (χ1n) is 11.1. The molecule has 0 spiro atoms. The molecular weight excluding hydrogens is 376 g/mol. The Kier molecular flexibility index (Phi) is 6.92. The summed E-state index contributed by atoms with van der Waals surface area (Å²) in [5.74, 6) is 2.58. The molecule has 0 saturated carbocycles. The summed E-state index contributed by atoms with van der Waals surface area (Å²) in [7, 11) is 0. The third-order valence-corrected chi connectivity index (χ3v) is 5.52. The minimum absolute atomic E-state index is 0.774. The van der Waals surface area contributed by atoms with Gasteiger partial charge in [0.2, 0.25) is 0 Å². The first kappa shape index (κ1) is 20.8. The summed E-state index contributed by atoms with van der Waals surface area (Å²) < 4.78 is 7.74. The van der Waals surface area contributed by atoms with Gasteiger partial charge in [-0.1, -0.05) is 43.7 Å². The van der Waals surface area contributed by atoms with Crippen molar-refractivity contribution in [3.63, 3.8) is 0 Å². The monoisotopic (exact) mass is 408 g/mol. The van der Waals surface area contributed by atoms with Crippen LogP contribution in [0.5, 0.6) is 0 Å². The Balaban J connectivity index is 1.66. The van der Waals surface area contributed by atoms with E-state index in [1.807, 2.05) is 13.0 Å². The lowest BCUT2D eigenvalue weighted by molar-refractivity contribution is 0.0370. The van der Waals surface area contributed by atoms with Gasteiger partial charge in [0.05, 0.1) is 13.2 Å². The molecule has 7 heteroatoms. The Morgan fingerprint density at radius 1 is 1.00 bits per heavy atom. The van der Waals surface area contributed by atoms with E-state index in [2.05, 4.69) is 51.0 Å². The fraction of sp³-hybridized carbons (Fsp3) is 0.522. The van der Waals surface area contributed by atoms with Gasteiger partial charge in [0, 0.05) is 38.3 Å². The number of benzene rings is 1. The van der Waals surface area contributed by atoms with E-state index in [-0.39, 0.29) is 0 Å². The molecule has 1 aliphatic heterocycles. The van der Waals surface area contributed by atoms with E-state index < -0.39 is 0 Å². The minimum atomic E-state index is 0.774. The van der Waals surface area contributed by atoms with E-state index >= 15 is 0 Å². The van der Waals surface area contributed by atoms with Crippen LogP contribution in [0.15, 0.2) is 30.3 Å². The summed E-state index contributed by atoms with van der Waals surface area (Å²) in [4.78, 5) is 16.9. The number of nitrogens with one attached hydrogen (secondary N) is 1. The second kappa shape index (κ2) is 10.00. The Bertz CT molecular complexity index is 949.